The van der Waals surface area contributed by atoms with Crippen molar-refractivity contribution in [2.45, 2.75) is 25.2 Å². The Morgan fingerprint density at radius 2 is 1.85 bits per heavy atom. The maximum Gasteiger partial charge on any atom is 0.123 e. The second-order valence-corrected chi connectivity index (χ2v) is 5.84. The van der Waals surface area contributed by atoms with Crippen LogP contribution in [0.4, 0.5) is 10.1 Å². The number of nitrogens with zero attached hydrogens (tertiary/aromatic N) is 1. The monoisotopic (exact) mass is 267 g/mol. The van der Waals surface area contributed by atoms with Crippen LogP contribution in [0.3, 0.4) is 0 Å². The largest absolute Gasteiger partial charge is 0.371 e. The van der Waals surface area contributed by atoms with Crippen molar-refractivity contribution in [1.29, 1.82) is 0 Å². The Balaban J connectivity index is 1.82. The molecule has 0 fully saturated rings. The molecule has 2 aromatic carbocycles. The van der Waals surface area contributed by atoms with Crippen LogP contribution in [0.15, 0.2) is 42.5 Å². The second kappa shape index (κ2) is 4.62. The molecule has 2 aliphatic heterocycles. The van der Waals surface area contributed by atoms with Crippen molar-refractivity contribution in [3.8, 4) is 0 Å². The second-order valence-electron chi connectivity index (χ2n) is 5.84. The first kappa shape index (κ1) is 12.0. The number of benzene rings is 2. The summed E-state index contributed by atoms with van der Waals surface area (Å²) in [5.41, 5.74) is 5.62. The summed E-state index contributed by atoms with van der Waals surface area (Å²) in [7, 11) is 0. The lowest BCUT2D eigenvalue weighted by atomic mass is 9.81. The molecule has 2 heteroatoms. The average molecular weight is 267 g/mol. The number of halogens is 1. The first-order chi connectivity index (χ1) is 9.83. The zero-order valence-electron chi connectivity index (χ0n) is 11.5. The molecule has 4 rings (SSSR count). The van der Waals surface area contributed by atoms with Crippen LogP contribution < -0.4 is 4.90 Å². The lowest BCUT2D eigenvalue weighted by molar-refractivity contribution is 0.593. The smallest absolute Gasteiger partial charge is 0.123 e. The van der Waals surface area contributed by atoms with Crippen molar-refractivity contribution in [3.05, 3.63) is 65.0 Å². The molecule has 1 atom stereocenters. The Morgan fingerprint density at radius 1 is 1.00 bits per heavy atom. The van der Waals surface area contributed by atoms with E-state index in [9.17, 15) is 4.39 Å². The number of para-hydroxylation sites is 1. The van der Waals surface area contributed by atoms with Crippen LogP contribution in [-0.2, 0) is 6.42 Å². The predicted molar refractivity (Wildman–Crippen MR) is 79.8 cm³/mol. The molecule has 1 unspecified atom stereocenters. The Morgan fingerprint density at radius 3 is 2.70 bits per heavy atom. The van der Waals surface area contributed by atoms with E-state index in [-0.39, 0.29) is 5.82 Å². The van der Waals surface area contributed by atoms with Crippen LogP contribution in [0.25, 0.3) is 0 Å². The van der Waals surface area contributed by atoms with Gasteiger partial charge in [0.2, 0.25) is 0 Å². The summed E-state index contributed by atoms with van der Waals surface area (Å²) in [5, 5.41) is 0. The van der Waals surface area contributed by atoms with Gasteiger partial charge in [-0.15, -0.1) is 0 Å². The van der Waals surface area contributed by atoms with Crippen LogP contribution in [0.5, 0.6) is 0 Å². The first-order valence-electron chi connectivity index (χ1n) is 7.45. The Hall–Kier alpha value is -1.83. The molecule has 0 aliphatic carbocycles. The summed E-state index contributed by atoms with van der Waals surface area (Å²) < 4.78 is 13.1. The summed E-state index contributed by atoms with van der Waals surface area (Å²) in [5.74, 6) is 0.265. The quantitative estimate of drug-likeness (QED) is 0.751. The molecule has 2 aromatic rings. The van der Waals surface area contributed by atoms with Gasteiger partial charge in [0.1, 0.15) is 5.82 Å². The van der Waals surface area contributed by atoms with Crippen LogP contribution in [0.2, 0.25) is 0 Å². The molecule has 0 saturated heterocycles. The molecule has 0 spiro atoms. The molecular formula is C18H18FN. The number of aryl methyl sites for hydroxylation is 1. The van der Waals surface area contributed by atoms with E-state index >= 15 is 0 Å². The highest BCUT2D eigenvalue weighted by atomic mass is 19.1. The predicted octanol–water partition coefficient (Wildman–Crippen LogP) is 4.11. The van der Waals surface area contributed by atoms with Gasteiger partial charge in [-0.05, 0) is 48.1 Å². The number of hydrogen-bond acceptors (Lipinski definition) is 1. The fraction of sp³-hybridized carbons (Fsp3) is 0.333. The van der Waals surface area contributed by atoms with Crippen LogP contribution >= 0.6 is 0 Å². The lowest BCUT2D eigenvalue weighted by Gasteiger charge is -2.40. The third-order valence-electron chi connectivity index (χ3n) is 4.68. The first-order valence-corrected chi connectivity index (χ1v) is 7.45. The van der Waals surface area contributed by atoms with Crippen molar-refractivity contribution < 1.29 is 4.39 Å². The van der Waals surface area contributed by atoms with E-state index in [2.05, 4.69) is 23.1 Å². The molecular weight excluding hydrogens is 249 g/mol. The SMILES string of the molecule is Fc1ccc(C2CCN3CCCc4cccc2c43)cc1. The zero-order valence-corrected chi connectivity index (χ0v) is 11.5. The molecule has 2 heterocycles. The van der Waals surface area contributed by atoms with Gasteiger partial charge in [-0.2, -0.15) is 0 Å². The van der Waals surface area contributed by atoms with Gasteiger partial charge >= 0.3 is 0 Å². The summed E-state index contributed by atoms with van der Waals surface area (Å²) in [6.45, 7) is 2.30. The van der Waals surface area contributed by atoms with Gasteiger partial charge in [0.15, 0.2) is 0 Å². The van der Waals surface area contributed by atoms with Gasteiger partial charge in [-0.25, -0.2) is 4.39 Å². The molecule has 1 nitrogen and oxygen atoms in total. The van der Waals surface area contributed by atoms with Gasteiger partial charge in [0, 0.05) is 24.7 Å². The summed E-state index contributed by atoms with van der Waals surface area (Å²) in [4.78, 5) is 2.54. The molecule has 0 amide bonds. The highest BCUT2D eigenvalue weighted by Crippen LogP contribution is 2.43. The van der Waals surface area contributed by atoms with E-state index in [4.69, 9.17) is 0 Å². The third kappa shape index (κ3) is 1.82. The van der Waals surface area contributed by atoms with Crippen molar-refractivity contribution in [2.75, 3.05) is 18.0 Å². The molecule has 0 radical (unpaired) electrons. The molecule has 0 bridgehead atoms. The highest BCUT2D eigenvalue weighted by molar-refractivity contribution is 5.65. The Labute approximate surface area is 119 Å². The molecule has 0 N–H and O–H groups in total. The van der Waals surface area contributed by atoms with Gasteiger partial charge in [-0.3, -0.25) is 0 Å². The highest BCUT2D eigenvalue weighted by Gasteiger charge is 2.29. The van der Waals surface area contributed by atoms with Crippen molar-refractivity contribution in [1.82, 2.24) is 0 Å². The van der Waals surface area contributed by atoms with E-state index in [1.165, 1.54) is 41.8 Å². The van der Waals surface area contributed by atoms with Crippen LogP contribution in [-0.4, -0.2) is 13.1 Å². The minimum absolute atomic E-state index is 0.152. The average Bonchev–Trinajstić information content (AvgIpc) is 2.49. The molecule has 2 aliphatic rings. The van der Waals surface area contributed by atoms with Crippen LogP contribution in [0.1, 0.15) is 35.4 Å². The van der Waals surface area contributed by atoms with Crippen molar-refractivity contribution in [2.24, 2.45) is 0 Å². The standard InChI is InChI=1S/C18H18FN/c19-15-8-6-13(7-9-15)16-10-12-20-11-2-4-14-3-1-5-17(16)18(14)20/h1,3,5-9,16H,2,4,10-12H2. The Kier molecular flexibility index (Phi) is 2.76. The van der Waals surface area contributed by atoms with E-state index in [1.807, 2.05) is 12.1 Å². The van der Waals surface area contributed by atoms with E-state index in [1.54, 1.807) is 12.1 Å². The zero-order chi connectivity index (χ0) is 13.5. The fourth-order valence-electron chi connectivity index (χ4n) is 3.76. The van der Waals surface area contributed by atoms with E-state index in [0.717, 1.165) is 13.0 Å². The number of rotatable bonds is 1. The topological polar surface area (TPSA) is 3.24 Å². The molecule has 0 saturated carbocycles. The van der Waals surface area contributed by atoms with E-state index < -0.39 is 0 Å². The number of anilines is 1. The van der Waals surface area contributed by atoms with Gasteiger partial charge < -0.3 is 4.90 Å². The van der Waals surface area contributed by atoms with Crippen molar-refractivity contribution in [3.63, 3.8) is 0 Å². The summed E-state index contributed by atoms with van der Waals surface area (Å²) in [6, 6.07) is 13.7. The lowest BCUT2D eigenvalue weighted by Crippen LogP contribution is -2.36. The fourth-order valence-corrected chi connectivity index (χ4v) is 3.76. The van der Waals surface area contributed by atoms with Crippen molar-refractivity contribution >= 4 is 5.69 Å². The minimum atomic E-state index is -0.152. The Bertz CT molecular complexity index is 632. The van der Waals surface area contributed by atoms with Gasteiger partial charge in [-0.1, -0.05) is 30.3 Å². The maximum atomic E-state index is 13.1. The minimum Gasteiger partial charge on any atom is -0.371 e. The van der Waals surface area contributed by atoms with Gasteiger partial charge in [0.25, 0.3) is 0 Å². The molecule has 20 heavy (non-hydrogen) atoms. The normalized spacial score (nSPS) is 20.6. The third-order valence-corrected chi connectivity index (χ3v) is 4.68. The number of hydrogen-bond donors (Lipinski definition) is 0. The van der Waals surface area contributed by atoms with E-state index in [0.29, 0.717) is 5.92 Å². The maximum absolute atomic E-state index is 13.1. The summed E-state index contributed by atoms with van der Waals surface area (Å²) in [6.07, 6.45) is 3.58. The summed E-state index contributed by atoms with van der Waals surface area (Å²) >= 11 is 0. The van der Waals surface area contributed by atoms with Crippen LogP contribution in [0, 0.1) is 5.82 Å². The molecule has 102 valence electrons. The van der Waals surface area contributed by atoms with Gasteiger partial charge in [0.05, 0.1) is 0 Å². The molecule has 0 aromatic heterocycles.